The molecule has 0 nitrogen and oxygen atoms in total. The van der Waals surface area contributed by atoms with Gasteiger partial charge in [0.2, 0.25) is 0 Å². The molecule has 0 unspecified atom stereocenters. The van der Waals surface area contributed by atoms with Crippen LogP contribution in [0, 0.1) is 6.92 Å². The summed E-state index contributed by atoms with van der Waals surface area (Å²) < 4.78 is 37.8. The average Bonchev–Trinajstić information content (AvgIpc) is 2.03. The lowest BCUT2D eigenvalue weighted by Gasteiger charge is -2.28. The second kappa shape index (κ2) is 3.54. The van der Waals surface area contributed by atoms with Gasteiger partial charge in [0.1, 0.15) is 0 Å². The largest absolute Gasteiger partial charge is 0.416 e. The summed E-state index contributed by atoms with van der Waals surface area (Å²) in [4.78, 5) is 0. The van der Waals surface area contributed by atoms with Crippen LogP contribution in [0.25, 0.3) is 0 Å². The minimum Gasteiger partial charge on any atom is -0.166 e. The molecule has 1 saturated carbocycles. The molecule has 15 heavy (non-hydrogen) atoms. The van der Waals surface area contributed by atoms with Gasteiger partial charge >= 0.3 is 6.18 Å². The third-order valence-electron chi connectivity index (χ3n) is 3.23. The van der Waals surface area contributed by atoms with Crippen molar-refractivity contribution in [2.75, 3.05) is 0 Å². The first-order chi connectivity index (χ1) is 7.00. The molecule has 3 heteroatoms. The lowest BCUT2D eigenvalue weighted by Crippen LogP contribution is -2.14. The van der Waals surface area contributed by atoms with E-state index in [1.54, 1.807) is 6.92 Å². The molecule has 1 aromatic rings. The summed E-state index contributed by atoms with van der Waals surface area (Å²) in [6.07, 6.45) is -1.02. The van der Waals surface area contributed by atoms with Crippen molar-refractivity contribution in [2.24, 2.45) is 0 Å². The summed E-state index contributed by atoms with van der Waals surface area (Å²) in [5, 5.41) is 0. The normalized spacial score (nSPS) is 17.6. The highest BCUT2D eigenvalue weighted by atomic mass is 19.4. The fourth-order valence-corrected chi connectivity index (χ4v) is 2.12. The zero-order valence-corrected chi connectivity index (χ0v) is 8.56. The number of alkyl halides is 3. The van der Waals surface area contributed by atoms with Crippen molar-refractivity contribution >= 4 is 0 Å². The Kier molecular flexibility index (Phi) is 2.49. The van der Waals surface area contributed by atoms with Crippen molar-refractivity contribution in [1.82, 2.24) is 0 Å². The number of hydrogen-bond acceptors (Lipinski definition) is 0. The summed E-state index contributed by atoms with van der Waals surface area (Å²) in [5.41, 5.74) is 0.817. The minimum atomic E-state index is -4.22. The molecule has 2 rings (SSSR count). The molecule has 1 aliphatic rings. The van der Waals surface area contributed by atoms with E-state index < -0.39 is 11.7 Å². The maximum Gasteiger partial charge on any atom is 0.416 e. The number of hydrogen-bond donors (Lipinski definition) is 0. The number of halogens is 3. The molecule has 0 amide bonds. The Labute approximate surface area is 87.1 Å². The third-order valence-corrected chi connectivity index (χ3v) is 3.23. The molecule has 0 aliphatic heterocycles. The predicted octanol–water partition coefficient (Wildman–Crippen LogP) is 4.28. The van der Waals surface area contributed by atoms with Crippen LogP contribution in [0.15, 0.2) is 18.2 Å². The first-order valence-corrected chi connectivity index (χ1v) is 5.17. The van der Waals surface area contributed by atoms with E-state index >= 15 is 0 Å². The lowest BCUT2D eigenvalue weighted by atomic mass is 9.77. The highest BCUT2D eigenvalue weighted by Crippen LogP contribution is 2.41. The standard InChI is InChI=1S/C12H13F3/c1-8-10(9-4-2-5-9)6-3-7-11(8)12(13,14)15/h3,6-7,9H,2,4-5H2,1H3. The zero-order valence-electron chi connectivity index (χ0n) is 8.56. The average molecular weight is 214 g/mol. The fourth-order valence-electron chi connectivity index (χ4n) is 2.12. The van der Waals surface area contributed by atoms with Crippen molar-refractivity contribution in [2.45, 2.75) is 38.3 Å². The smallest absolute Gasteiger partial charge is 0.166 e. The van der Waals surface area contributed by atoms with Gasteiger partial charge in [-0.05, 0) is 42.9 Å². The molecule has 82 valence electrons. The van der Waals surface area contributed by atoms with Gasteiger partial charge in [-0.25, -0.2) is 0 Å². The van der Waals surface area contributed by atoms with E-state index in [2.05, 4.69) is 0 Å². The molecule has 1 fully saturated rings. The van der Waals surface area contributed by atoms with Gasteiger partial charge in [0.05, 0.1) is 5.56 Å². The fraction of sp³-hybridized carbons (Fsp3) is 0.500. The first-order valence-electron chi connectivity index (χ1n) is 5.17. The molecule has 0 radical (unpaired) electrons. The molecular formula is C12H13F3. The third kappa shape index (κ3) is 1.87. The van der Waals surface area contributed by atoms with E-state index in [1.807, 2.05) is 6.07 Å². The SMILES string of the molecule is Cc1c(C2CCC2)cccc1C(F)(F)F. The van der Waals surface area contributed by atoms with E-state index in [0.717, 1.165) is 30.9 Å². The van der Waals surface area contributed by atoms with Crippen LogP contribution in [-0.4, -0.2) is 0 Å². The van der Waals surface area contributed by atoms with Crippen LogP contribution < -0.4 is 0 Å². The molecule has 1 aliphatic carbocycles. The van der Waals surface area contributed by atoms with Crippen LogP contribution in [0.4, 0.5) is 13.2 Å². The van der Waals surface area contributed by atoms with Crippen LogP contribution in [0.2, 0.25) is 0 Å². The molecule has 0 spiro atoms. The Morgan fingerprint density at radius 1 is 1.20 bits per heavy atom. The second-order valence-corrected chi connectivity index (χ2v) is 4.15. The monoisotopic (exact) mass is 214 g/mol. The molecule has 0 heterocycles. The van der Waals surface area contributed by atoms with Gasteiger partial charge in [-0.3, -0.25) is 0 Å². The topological polar surface area (TPSA) is 0 Å². The van der Waals surface area contributed by atoms with E-state index in [4.69, 9.17) is 0 Å². The van der Waals surface area contributed by atoms with Crippen LogP contribution in [0.3, 0.4) is 0 Å². The van der Waals surface area contributed by atoms with Crippen LogP contribution in [0.1, 0.15) is 41.9 Å². The van der Waals surface area contributed by atoms with Gasteiger partial charge in [0.25, 0.3) is 0 Å². The Balaban J connectivity index is 2.41. The van der Waals surface area contributed by atoms with E-state index in [1.165, 1.54) is 6.07 Å². The van der Waals surface area contributed by atoms with Crippen LogP contribution in [-0.2, 0) is 6.18 Å². The Morgan fingerprint density at radius 3 is 2.33 bits per heavy atom. The summed E-state index contributed by atoms with van der Waals surface area (Å²) in [6.45, 7) is 1.58. The van der Waals surface area contributed by atoms with Crippen molar-refractivity contribution < 1.29 is 13.2 Å². The Morgan fingerprint density at radius 2 is 1.87 bits per heavy atom. The van der Waals surface area contributed by atoms with E-state index in [9.17, 15) is 13.2 Å². The van der Waals surface area contributed by atoms with Gasteiger partial charge in [-0.15, -0.1) is 0 Å². The summed E-state index contributed by atoms with van der Waals surface area (Å²) >= 11 is 0. The molecule has 0 aromatic heterocycles. The van der Waals surface area contributed by atoms with E-state index in [0.29, 0.717) is 11.5 Å². The maximum absolute atomic E-state index is 12.6. The van der Waals surface area contributed by atoms with Crippen molar-refractivity contribution in [3.8, 4) is 0 Å². The highest BCUT2D eigenvalue weighted by Gasteiger charge is 2.34. The quantitative estimate of drug-likeness (QED) is 0.654. The van der Waals surface area contributed by atoms with Gasteiger partial charge in [0.15, 0.2) is 0 Å². The van der Waals surface area contributed by atoms with Crippen molar-refractivity contribution in [1.29, 1.82) is 0 Å². The van der Waals surface area contributed by atoms with Crippen molar-refractivity contribution in [3.05, 3.63) is 34.9 Å². The van der Waals surface area contributed by atoms with Gasteiger partial charge in [-0.1, -0.05) is 18.6 Å². The van der Waals surface area contributed by atoms with Crippen molar-refractivity contribution in [3.63, 3.8) is 0 Å². The number of benzene rings is 1. The van der Waals surface area contributed by atoms with Gasteiger partial charge < -0.3 is 0 Å². The lowest BCUT2D eigenvalue weighted by molar-refractivity contribution is -0.138. The van der Waals surface area contributed by atoms with Gasteiger partial charge in [0, 0.05) is 0 Å². The van der Waals surface area contributed by atoms with Gasteiger partial charge in [-0.2, -0.15) is 13.2 Å². The second-order valence-electron chi connectivity index (χ2n) is 4.15. The maximum atomic E-state index is 12.6. The van der Waals surface area contributed by atoms with E-state index in [-0.39, 0.29) is 0 Å². The molecule has 0 atom stereocenters. The summed E-state index contributed by atoms with van der Waals surface area (Å²) in [6, 6.07) is 4.51. The Bertz CT molecular complexity index is 362. The summed E-state index contributed by atoms with van der Waals surface area (Å²) in [5.74, 6) is 0.354. The Hall–Kier alpha value is -0.990. The van der Waals surface area contributed by atoms with Crippen LogP contribution in [0.5, 0.6) is 0 Å². The predicted molar refractivity (Wildman–Crippen MR) is 52.8 cm³/mol. The first kappa shape index (κ1) is 10.5. The molecule has 1 aromatic carbocycles. The molecule has 0 N–H and O–H groups in total. The number of rotatable bonds is 1. The summed E-state index contributed by atoms with van der Waals surface area (Å²) in [7, 11) is 0. The highest BCUT2D eigenvalue weighted by molar-refractivity contribution is 5.38. The molecule has 0 bridgehead atoms. The molecule has 0 saturated heterocycles. The minimum absolute atomic E-state index is 0.354. The zero-order chi connectivity index (χ0) is 11.1. The van der Waals surface area contributed by atoms with Crippen LogP contribution >= 0.6 is 0 Å². The molecular weight excluding hydrogens is 201 g/mol.